The summed E-state index contributed by atoms with van der Waals surface area (Å²) >= 11 is 0. The molecule has 0 fully saturated rings. The van der Waals surface area contributed by atoms with Gasteiger partial charge in [0.25, 0.3) is 0 Å². The zero-order valence-corrected chi connectivity index (χ0v) is 72.4. The molecule has 0 atom stereocenters. The van der Waals surface area contributed by atoms with Gasteiger partial charge in [-0.3, -0.25) is 0 Å². The molecule has 0 saturated heterocycles. The molecule has 0 aliphatic carbocycles. The Hall–Kier alpha value is -7.69. The maximum Gasteiger partial charge on any atom is 0.146 e. The van der Waals surface area contributed by atoms with E-state index < -0.39 is 32.3 Å². The molecule has 8 aromatic carbocycles. The molecular weight excluding hydrogens is 1330 g/mol. The van der Waals surface area contributed by atoms with Crippen LogP contribution in [0, 0.1) is 45.9 Å². The van der Waals surface area contributed by atoms with Gasteiger partial charge in [-0.2, -0.15) is 0 Å². The highest BCUT2D eigenvalue weighted by Gasteiger charge is 2.46. The summed E-state index contributed by atoms with van der Waals surface area (Å²) < 4.78 is 0. The van der Waals surface area contributed by atoms with Crippen LogP contribution in [0.2, 0.25) is 66.5 Å². The van der Waals surface area contributed by atoms with Crippen LogP contribution in [-0.4, -0.2) is 72.2 Å². The van der Waals surface area contributed by atoms with Crippen LogP contribution < -0.4 is 0 Å². The quantitative estimate of drug-likeness (QED) is 0.0516. The van der Waals surface area contributed by atoms with Gasteiger partial charge in [-0.1, -0.05) is 256 Å². The number of benzene rings is 8. The molecule has 0 aliphatic heterocycles. The van der Waals surface area contributed by atoms with Crippen LogP contribution >= 0.6 is 0 Å². The Kier molecular flexibility index (Phi) is 19.9. The molecule has 0 aliphatic rings. The Bertz CT molecular complexity index is 4980. The molecule has 0 bridgehead atoms. The van der Waals surface area contributed by atoms with Crippen molar-refractivity contribution in [1.82, 2.24) is 39.9 Å². The number of para-hydroxylation sites is 4. The second-order valence-corrected chi connectivity index (χ2v) is 58.9. The van der Waals surface area contributed by atoms with E-state index in [0.29, 0.717) is 88.6 Å². The first kappa shape index (κ1) is 76.0. The van der Waals surface area contributed by atoms with Crippen LogP contribution in [0.3, 0.4) is 0 Å². The molecule has 12 aromatic rings. The van der Waals surface area contributed by atoms with Gasteiger partial charge in [0, 0.05) is 32.3 Å². The standard InChI is InChI=1S/C92H114N8Si4/c1-51(2)101(52(3)4,53(5)6)43-39-65-79-80(94-74-36-32-31-35-73(74)93-79)66(40-44-102(54(7)8,55(9)10)56(11)12)84-83(65)97-87-69-47-63(91(25,26)27)49-71-77(69)78-70(88(87)98-84)48-64(92(28,29)30)50-72(78)90-89(71)99-85-67(41-45-103(57(13)14,58(15)16)59(17)18)81-82(96-76-38-34-33-37-75(76)95-81)68(86(85)100-90)42-46-104(60(19)20,61(21)22)62(23)24/h31-38,47-62H,1-30H3. The average molecular weight is 1440 g/mol. The van der Waals surface area contributed by atoms with Gasteiger partial charge in [-0.15, -0.1) is 22.2 Å². The highest BCUT2D eigenvalue weighted by Crippen LogP contribution is 2.51. The molecule has 4 aromatic heterocycles. The summed E-state index contributed by atoms with van der Waals surface area (Å²) in [7, 11) is -9.53. The van der Waals surface area contributed by atoms with Crippen molar-refractivity contribution < 1.29 is 0 Å². The molecule has 538 valence electrons. The Labute approximate surface area is 625 Å². The fourth-order valence-electron chi connectivity index (χ4n) is 19.8. The van der Waals surface area contributed by atoms with E-state index in [1.807, 2.05) is 0 Å². The zero-order chi connectivity index (χ0) is 75.9. The minimum atomic E-state index is -2.38. The molecule has 12 heteroatoms. The van der Waals surface area contributed by atoms with Gasteiger partial charge in [-0.05, 0) is 137 Å². The van der Waals surface area contributed by atoms with Crippen molar-refractivity contribution in [3.05, 3.63) is 106 Å². The minimum absolute atomic E-state index is 0.328. The van der Waals surface area contributed by atoms with Crippen LogP contribution in [0.5, 0.6) is 0 Å². The largest absolute Gasteiger partial charge is 0.243 e. The molecule has 12 rings (SSSR count). The van der Waals surface area contributed by atoms with Gasteiger partial charge in [0.15, 0.2) is 0 Å². The summed E-state index contributed by atoms with van der Waals surface area (Å²) in [5, 5.41) is 6.15. The van der Waals surface area contributed by atoms with E-state index in [2.05, 4.69) is 326 Å². The number of rotatable bonds is 12. The van der Waals surface area contributed by atoms with E-state index in [9.17, 15) is 0 Å². The molecule has 4 heterocycles. The zero-order valence-electron chi connectivity index (χ0n) is 68.4. The third-order valence-electron chi connectivity index (χ3n) is 25.2. The molecule has 104 heavy (non-hydrogen) atoms. The number of aromatic nitrogens is 8. The fraction of sp³-hybridized carbons (Fsp3) is 0.478. The Balaban J connectivity index is 1.40. The van der Waals surface area contributed by atoms with E-state index in [1.165, 1.54) is 0 Å². The summed E-state index contributed by atoms with van der Waals surface area (Å²) in [6, 6.07) is 26.1. The number of hydrogen-bond donors (Lipinski definition) is 0. The van der Waals surface area contributed by atoms with Gasteiger partial charge >= 0.3 is 0 Å². The lowest BCUT2D eigenvalue weighted by Gasteiger charge is -2.38. The lowest BCUT2D eigenvalue weighted by atomic mass is 9.80. The predicted molar refractivity (Wildman–Crippen MR) is 462 cm³/mol. The smallest absolute Gasteiger partial charge is 0.146 e. The lowest BCUT2D eigenvalue weighted by molar-refractivity contribution is 0.591. The van der Waals surface area contributed by atoms with E-state index in [-0.39, 0.29) is 10.8 Å². The van der Waals surface area contributed by atoms with E-state index in [4.69, 9.17) is 39.9 Å². The van der Waals surface area contributed by atoms with Gasteiger partial charge in [0.1, 0.15) is 76.4 Å². The summed E-state index contributed by atoms with van der Waals surface area (Å²) in [4.78, 5) is 47.7. The number of hydrogen-bond acceptors (Lipinski definition) is 8. The van der Waals surface area contributed by atoms with Crippen LogP contribution in [0.1, 0.15) is 241 Å². The highest BCUT2D eigenvalue weighted by atomic mass is 28.3. The molecule has 0 radical (unpaired) electrons. The number of fused-ring (bicyclic) bond motifs is 12. The van der Waals surface area contributed by atoms with Crippen LogP contribution in [-0.2, 0) is 10.8 Å². The first-order chi connectivity index (χ1) is 48.7. The molecular formula is C92H114N8Si4. The maximum atomic E-state index is 6.25. The predicted octanol–water partition coefficient (Wildman–Crippen LogP) is 25.8. The fourth-order valence-corrected chi connectivity index (χ4v) is 40.6. The van der Waals surface area contributed by atoms with E-state index >= 15 is 0 Å². The van der Waals surface area contributed by atoms with Crippen molar-refractivity contribution in [2.75, 3.05) is 0 Å². The third kappa shape index (κ3) is 11.9. The first-order valence-electron chi connectivity index (χ1n) is 39.1. The Morgan fingerprint density at radius 3 is 0.558 bits per heavy atom. The van der Waals surface area contributed by atoms with Crippen molar-refractivity contribution in [1.29, 1.82) is 0 Å². The summed E-state index contributed by atoms with van der Waals surface area (Å²) in [5.74, 6) is 16.1. The first-order valence-corrected chi connectivity index (χ1v) is 48.0. The van der Waals surface area contributed by atoms with E-state index in [1.54, 1.807) is 0 Å². The van der Waals surface area contributed by atoms with Crippen LogP contribution in [0.15, 0.2) is 72.8 Å². The summed E-state index contributed by atoms with van der Waals surface area (Å²) in [6.07, 6.45) is 0. The highest BCUT2D eigenvalue weighted by molar-refractivity contribution is 6.92. The topological polar surface area (TPSA) is 103 Å². The van der Waals surface area contributed by atoms with Gasteiger partial charge in [0.2, 0.25) is 0 Å². The Morgan fingerprint density at radius 1 is 0.240 bits per heavy atom. The molecule has 8 nitrogen and oxygen atoms in total. The van der Waals surface area contributed by atoms with Gasteiger partial charge < -0.3 is 0 Å². The maximum absolute atomic E-state index is 6.25. The molecule has 0 saturated carbocycles. The van der Waals surface area contributed by atoms with Crippen molar-refractivity contribution in [2.24, 2.45) is 0 Å². The van der Waals surface area contributed by atoms with Gasteiger partial charge in [0.05, 0.1) is 66.4 Å². The van der Waals surface area contributed by atoms with Crippen LogP contribution in [0.4, 0.5) is 0 Å². The third-order valence-corrected chi connectivity index (χ3v) is 50.3. The molecule has 0 amide bonds. The normalized spacial score (nSPS) is 13.4. The summed E-state index contributed by atoms with van der Waals surface area (Å²) in [5.41, 5.74) is 38.2. The molecule has 0 spiro atoms. The average Bonchev–Trinajstić information content (AvgIpc) is 0.683. The van der Waals surface area contributed by atoms with Crippen molar-refractivity contribution in [3.8, 4) is 45.9 Å². The van der Waals surface area contributed by atoms with Crippen molar-refractivity contribution in [3.63, 3.8) is 0 Å². The van der Waals surface area contributed by atoms with Crippen LogP contribution in [0.25, 0.3) is 121 Å². The SMILES string of the molecule is CC(C)[Si](C#Cc1c2nc3ccccc3nc2c(C#C[Si](C(C)C)(C(C)C)C(C)C)c2nc3c4cc(C(C)(C)C)cc5c6nc7c(C#C[Si](C(C)C)(C(C)C)C(C)C)c8nc9ccccc9nc8c(C#C[Si](C(C)C)(C(C)C)C(C)C)c7nc6c6cc(C(C)(C)C)cc(c3nc12)c6c45)(C(C)C)C(C)C. The second kappa shape index (κ2) is 27.3. The van der Waals surface area contributed by atoms with Crippen molar-refractivity contribution >= 4 is 153 Å². The van der Waals surface area contributed by atoms with E-state index in [0.717, 1.165) is 132 Å². The lowest BCUT2D eigenvalue weighted by Crippen LogP contribution is -2.43. The second-order valence-electron chi connectivity index (χ2n) is 36.5. The number of nitrogens with zero attached hydrogens (tertiary/aromatic N) is 8. The Morgan fingerprint density at radius 2 is 0.404 bits per heavy atom. The van der Waals surface area contributed by atoms with Crippen molar-refractivity contribution in [2.45, 2.75) is 285 Å². The monoisotopic (exact) mass is 1440 g/mol. The molecule has 0 N–H and O–H groups in total. The minimum Gasteiger partial charge on any atom is -0.243 e. The summed E-state index contributed by atoms with van der Waals surface area (Å²) in [6.45, 7) is 71.2. The van der Waals surface area contributed by atoms with Gasteiger partial charge in [-0.25, -0.2) is 39.9 Å². The molecule has 0 unspecified atom stereocenters.